The number of nitriles is 1. The van der Waals surface area contributed by atoms with Crippen molar-refractivity contribution in [3.63, 3.8) is 0 Å². The average molecular weight is 342 g/mol. The lowest BCUT2D eigenvalue weighted by molar-refractivity contribution is -0.123. The fourth-order valence-corrected chi connectivity index (χ4v) is 3.16. The molecule has 1 aromatic carbocycles. The number of para-hydroxylation sites is 1. The van der Waals surface area contributed by atoms with Crippen molar-refractivity contribution in [2.45, 2.75) is 33.3 Å². The molecule has 0 aliphatic carbocycles. The molecule has 1 N–H and O–H groups in total. The summed E-state index contributed by atoms with van der Waals surface area (Å²) < 4.78 is 5.23. The van der Waals surface area contributed by atoms with Gasteiger partial charge in [0, 0.05) is 4.88 Å². The zero-order valence-electron chi connectivity index (χ0n) is 13.8. The minimum atomic E-state index is -0.961. The van der Waals surface area contributed by atoms with Gasteiger partial charge in [0.25, 0.3) is 5.91 Å². The number of thiophene rings is 1. The summed E-state index contributed by atoms with van der Waals surface area (Å²) in [4.78, 5) is 25.9. The summed E-state index contributed by atoms with van der Waals surface area (Å²) in [5, 5.41) is 11.6. The molecule has 0 saturated heterocycles. The molecule has 1 heterocycles. The first-order valence-electron chi connectivity index (χ1n) is 7.56. The van der Waals surface area contributed by atoms with E-state index in [1.807, 2.05) is 19.9 Å². The topological polar surface area (TPSA) is 79.2 Å². The summed E-state index contributed by atoms with van der Waals surface area (Å²) in [6, 6.07) is 10.5. The highest BCUT2D eigenvalue weighted by Gasteiger charge is 2.21. The van der Waals surface area contributed by atoms with E-state index in [2.05, 4.69) is 5.32 Å². The van der Waals surface area contributed by atoms with Crippen LogP contribution in [0.5, 0.6) is 0 Å². The normalized spacial score (nSPS) is 11.4. The minimum Gasteiger partial charge on any atom is -0.448 e. The number of benzene rings is 1. The summed E-state index contributed by atoms with van der Waals surface area (Å²) in [6.45, 7) is 5.48. The first-order chi connectivity index (χ1) is 11.5. The molecule has 24 heavy (non-hydrogen) atoms. The highest BCUT2D eigenvalue weighted by molar-refractivity contribution is 7.14. The number of amides is 1. The van der Waals surface area contributed by atoms with Gasteiger partial charge < -0.3 is 10.1 Å². The van der Waals surface area contributed by atoms with E-state index in [1.165, 1.54) is 18.3 Å². The maximum absolute atomic E-state index is 12.2. The quantitative estimate of drug-likeness (QED) is 0.841. The largest absolute Gasteiger partial charge is 0.448 e. The Morgan fingerprint density at radius 2 is 2.08 bits per heavy atom. The van der Waals surface area contributed by atoms with E-state index in [-0.39, 0.29) is 0 Å². The van der Waals surface area contributed by atoms with Gasteiger partial charge in [-0.25, -0.2) is 4.79 Å². The van der Waals surface area contributed by atoms with Crippen LogP contribution in [-0.2, 0) is 16.0 Å². The van der Waals surface area contributed by atoms with Gasteiger partial charge in [0.1, 0.15) is 10.9 Å². The Balaban J connectivity index is 2.03. The zero-order chi connectivity index (χ0) is 17.7. The standard InChI is InChI=1S/C18H18N2O3S/c1-4-13-9-16(24-12(13)3)18(22)23-11(2)17(21)20-15-8-6-5-7-14(15)10-19/h5-9,11H,4H2,1-3H3,(H,20,21)/t11-/m1/s1. The van der Waals surface area contributed by atoms with Crippen molar-refractivity contribution in [1.29, 1.82) is 5.26 Å². The number of anilines is 1. The van der Waals surface area contributed by atoms with Gasteiger partial charge in [0.15, 0.2) is 6.10 Å². The fourth-order valence-electron chi connectivity index (χ4n) is 2.17. The third kappa shape index (κ3) is 4.00. The Morgan fingerprint density at radius 1 is 1.38 bits per heavy atom. The lowest BCUT2D eigenvalue weighted by Gasteiger charge is -2.13. The van der Waals surface area contributed by atoms with Crippen LogP contribution in [0.4, 0.5) is 5.69 Å². The zero-order valence-corrected chi connectivity index (χ0v) is 14.6. The van der Waals surface area contributed by atoms with Crippen molar-refractivity contribution in [2.75, 3.05) is 5.32 Å². The molecule has 5 nitrogen and oxygen atoms in total. The molecule has 0 fully saturated rings. The van der Waals surface area contributed by atoms with Crippen molar-refractivity contribution in [1.82, 2.24) is 0 Å². The van der Waals surface area contributed by atoms with Crippen molar-refractivity contribution in [3.05, 3.63) is 51.2 Å². The van der Waals surface area contributed by atoms with Gasteiger partial charge in [-0.2, -0.15) is 5.26 Å². The van der Waals surface area contributed by atoms with E-state index < -0.39 is 18.0 Å². The molecular weight excluding hydrogens is 324 g/mol. The van der Waals surface area contributed by atoms with E-state index in [1.54, 1.807) is 30.3 Å². The van der Waals surface area contributed by atoms with E-state index in [0.29, 0.717) is 16.1 Å². The Bertz CT molecular complexity index is 805. The summed E-state index contributed by atoms with van der Waals surface area (Å²) in [6.07, 6.45) is -0.118. The van der Waals surface area contributed by atoms with Crippen LogP contribution >= 0.6 is 11.3 Å². The molecule has 0 aliphatic rings. The third-order valence-corrected chi connectivity index (χ3v) is 4.63. The maximum Gasteiger partial charge on any atom is 0.349 e. The summed E-state index contributed by atoms with van der Waals surface area (Å²) in [5.41, 5.74) is 1.85. The van der Waals surface area contributed by atoms with E-state index in [9.17, 15) is 9.59 Å². The Labute approximate surface area is 144 Å². The molecule has 0 bridgehead atoms. The van der Waals surface area contributed by atoms with Crippen LogP contribution < -0.4 is 5.32 Å². The number of rotatable bonds is 5. The second-order valence-electron chi connectivity index (χ2n) is 5.24. The first-order valence-corrected chi connectivity index (χ1v) is 8.38. The lowest BCUT2D eigenvalue weighted by Crippen LogP contribution is -2.30. The molecule has 1 atom stereocenters. The van der Waals surface area contributed by atoms with E-state index in [0.717, 1.165) is 16.9 Å². The number of nitrogens with one attached hydrogen (secondary N) is 1. The molecule has 124 valence electrons. The van der Waals surface area contributed by atoms with Crippen molar-refractivity contribution in [2.24, 2.45) is 0 Å². The van der Waals surface area contributed by atoms with Crippen LogP contribution in [0.15, 0.2) is 30.3 Å². The van der Waals surface area contributed by atoms with Crippen molar-refractivity contribution < 1.29 is 14.3 Å². The van der Waals surface area contributed by atoms with Crippen molar-refractivity contribution in [3.8, 4) is 6.07 Å². The number of esters is 1. The highest BCUT2D eigenvalue weighted by Crippen LogP contribution is 2.23. The van der Waals surface area contributed by atoms with Gasteiger partial charge in [-0.3, -0.25) is 4.79 Å². The fraction of sp³-hybridized carbons (Fsp3) is 0.278. The summed E-state index contributed by atoms with van der Waals surface area (Å²) in [7, 11) is 0. The molecule has 6 heteroatoms. The monoisotopic (exact) mass is 342 g/mol. The SMILES string of the molecule is CCc1cc(C(=O)O[C@H](C)C(=O)Nc2ccccc2C#N)sc1C. The molecule has 0 unspecified atom stereocenters. The molecular formula is C18H18N2O3S. The molecule has 1 amide bonds. The van der Waals surface area contributed by atoms with E-state index >= 15 is 0 Å². The average Bonchev–Trinajstić information content (AvgIpc) is 2.96. The minimum absolute atomic E-state index is 0.353. The Hall–Kier alpha value is -2.65. The second kappa shape index (κ2) is 7.75. The molecule has 0 aliphatic heterocycles. The molecule has 1 aromatic heterocycles. The summed E-state index contributed by atoms with van der Waals surface area (Å²) >= 11 is 1.36. The molecule has 0 saturated carbocycles. The van der Waals surface area contributed by atoms with Crippen LogP contribution in [0.1, 0.15) is 39.5 Å². The number of nitrogens with zero attached hydrogens (tertiary/aromatic N) is 1. The number of hydrogen-bond acceptors (Lipinski definition) is 5. The van der Waals surface area contributed by atoms with Crippen LogP contribution in [0.25, 0.3) is 0 Å². The molecule has 2 rings (SSSR count). The smallest absolute Gasteiger partial charge is 0.349 e. The predicted molar refractivity (Wildman–Crippen MR) is 93.1 cm³/mol. The van der Waals surface area contributed by atoms with Gasteiger partial charge in [-0.1, -0.05) is 19.1 Å². The number of ether oxygens (including phenoxy) is 1. The summed E-state index contributed by atoms with van der Waals surface area (Å²) in [5.74, 6) is -0.992. The van der Waals surface area contributed by atoms with Crippen LogP contribution in [0.3, 0.4) is 0 Å². The van der Waals surface area contributed by atoms with Crippen LogP contribution in [-0.4, -0.2) is 18.0 Å². The molecule has 0 radical (unpaired) electrons. The van der Waals surface area contributed by atoms with Gasteiger partial charge in [0.05, 0.1) is 11.3 Å². The molecule has 0 spiro atoms. The lowest BCUT2D eigenvalue weighted by atomic mass is 10.2. The number of carbonyl (C=O) groups excluding carboxylic acids is 2. The van der Waals surface area contributed by atoms with Gasteiger partial charge in [-0.15, -0.1) is 11.3 Å². The first kappa shape index (κ1) is 17.7. The molecule has 2 aromatic rings. The van der Waals surface area contributed by atoms with Crippen molar-refractivity contribution >= 4 is 28.9 Å². The number of aryl methyl sites for hydroxylation is 2. The Morgan fingerprint density at radius 3 is 2.71 bits per heavy atom. The highest BCUT2D eigenvalue weighted by atomic mass is 32.1. The van der Waals surface area contributed by atoms with Crippen LogP contribution in [0.2, 0.25) is 0 Å². The Kier molecular flexibility index (Phi) is 5.72. The predicted octanol–water partition coefficient (Wildman–Crippen LogP) is 3.67. The van der Waals surface area contributed by atoms with Gasteiger partial charge >= 0.3 is 5.97 Å². The third-order valence-electron chi connectivity index (χ3n) is 3.56. The van der Waals surface area contributed by atoms with Gasteiger partial charge in [0.2, 0.25) is 0 Å². The maximum atomic E-state index is 12.2. The van der Waals surface area contributed by atoms with Gasteiger partial charge in [-0.05, 0) is 44.0 Å². The second-order valence-corrected chi connectivity index (χ2v) is 6.50. The van der Waals surface area contributed by atoms with E-state index in [4.69, 9.17) is 10.00 Å². The number of hydrogen-bond donors (Lipinski definition) is 1. The van der Waals surface area contributed by atoms with Crippen LogP contribution in [0, 0.1) is 18.3 Å². The number of carbonyl (C=O) groups is 2.